The normalized spacial score (nSPS) is 32.5. The van der Waals surface area contributed by atoms with Crippen LogP contribution in [0.2, 0.25) is 0 Å². The van der Waals surface area contributed by atoms with Gasteiger partial charge in [-0.2, -0.15) is 0 Å². The van der Waals surface area contributed by atoms with Crippen LogP contribution in [-0.4, -0.2) is 89.8 Å². The molecule has 4 heterocycles. The summed E-state index contributed by atoms with van der Waals surface area (Å²) < 4.78 is 12.1. The Morgan fingerprint density at radius 3 is 2.80 bits per heavy atom. The van der Waals surface area contributed by atoms with Gasteiger partial charge in [-0.15, -0.1) is 0 Å². The largest absolute Gasteiger partial charge is 0.491 e. The summed E-state index contributed by atoms with van der Waals surface area (Å²) in [6, 6.07) is 9.28. The number of ether oxygens (including phenoxy) is 2. The molecule has 1 aromatic heterocycles. The van der Waals surface area contributed by atoms with E-state index in [9.17, 15) is 10.2 Å². The molecule has 0 radical (unpaired) electrons. The van der Waals surface area contributed by atoms with Gasteiger partial charge in [-0.3, -0.25) is 25.0 Å². The number of likely N-dealkylation sites (tertiary alicyclic amines) is 1. The van der Waals surface area contributed by atoms with Crippen molar-refractivity contribution < 1.29 is 29.4 Å². The Morgan fingerprint density at radius 1 is 1.20 bits per heavy atom. The van der Waals surface area contributed by atoms with E-state index in [1.807, 2.05) is 29.2 Å². The molecule has 2 unspecified atom stereocenters. The van der Waals surface area contributed by atoms with Gasteiger partial charge in [0, 0.05) is 18.0 Å². The van der Waals surface area contributed by atoms with Crippen molar-refractivity contribution in [3.05, 3.63) is 30.3 Å². The number of nitrogens with zero attached hydrogens (tertiary/aromatic N) is 4. The predicted octanol–water partition coefficient (Wildman–Crippen LogP) is 0.663. The number of benzene rings is 1. The van der Waals surface area contributed by atoms with Crippen molar-refractivity contribution in [2.45, 2.75) is 43.5 Å². The molecular weight excluding hydrogens is 456 g/mol. The minimum absolute atomic E-state index is 0.0152. The molecule has 0 bridgehead atoms. The zero-order valence-corrected chi connectivity index (χ0v) is 19.8. The van der Waals surface area contributed by atoms with Gasteiger partial charge in [0.25, 0.3) is 0 Å². The maximum atomic E-state index is 11.1. The summed E-state index contributed by atoms with van der Waals surface area (Å²) in [4.78, 5) is 25.1. The smallest absolute Gasteiger partial charge is 0.150 e. The van der Waals surface area contributed by atoms with E-state index >= 15 is 0 Å². The number of pyridine rings is 1. The van der Waals surface area contributed by atoms with E-state index < -0.39 is 24.0 Å². The molecule has 0 spiro atoms. The highest BCUT2D eigenvalue weighted by Gasteiger charge is 2.57. The monoisotopic (exact) mass is 486 g/mol. The Balaban J connectivity index is 1.28. The van der Waals surface area contributed by atoms with Crippen molar-refractivity contribution in [3.63, 3.8) is 0 Å². The average Bonchev–Trinajstić information content (AvgIpc) is 3.37. The minimum Gasteiger partial charge on any atom is -0.491 e. The molecule has 2 fully saturated rings. The van der Waals surface area contributed by atoms with Crippen molar-refractivity contribution >= 4 is 28.9 Å². The summed E-state index contributed by atoms with van der Waals surface area (Å²) in [5.41, 5.74) is 4.72. The molecule has 188 valence electrons. The molecule has 0 aliphatic carbocycles. The Labute approximate surface area is 202 Å². The first-order valence-corrected chi connectivity index (χ1v) is 11.4. The van der Waals surface area contributed by atoms with Gasteiger partial charge in [0.1, 0.15) is 60.6 Å². The number of anilines is 1. The first-order valence-electron chi connectivity index (χ1n) is 11.4. The highest BCUT2D eigenvalue weighted by atomic mass is 16.6. The number of aliphatic imine (C=N–C) groups is 2. The van der Waals surface area contributed by atoms with Crippen LogP contribution in [0.1, 0.15) is 13.3 Å². The number of hydrogen-bond acceptors (Lipinski definition) is 12. The number of rotatable bonds is 7. The van der Waals surface area contributed by atoms with Crippen molar-refractivity contribution in [1.82, 2.24) is 15.4 Å². The fraction of sp³-hybridized carbons (Fsp3) is 0.522. The number of hydrogen-bond donors (Lipinski definition) is 4. The molecule has 4 N–H and O–H groups in total. The third-order valence-corrected chi connectivity index (χ3v) is 6.79. The molecule has 3 aliphatic rings. The van der Waals surface area contributed by atoms with Crippen molar-refractivity contribution in [3.8, 4) is 5.75 Å². The van der Waals surface area contributed by atoms with E-state index in [2.05, 4.69) is 25.9 Å². The van der Waals surface area contributed by atoms with Crippen LogP contribution in [0.4, 0.5) is 5.82 Å². The van der Waals surface area contributed by atoms with E-state index in [0.717, 1.165) is 17.3 Å². The molecule has 0 amide bonds. The second kappa shape index (κ2) is 9.64. The molecule has 12 nitrogen and oxygen atoms in total. The number of nitrogens with one attached hydrogen (secondary N) is 2. The highest BCUT2D eigenvalue weighted by molar-refractivity contribution is 5.92. The minimum atomic E-state index is -1.52. The zero-order chi connectivity index (χ0) is 24.6. The van der Waals surface area contributed by atoms with Gasteiger partial charge in [-0.05, 0) is 37.6 Å². The summed E-state index contributed by atoms with van der Waals surface area (Å²) in [6.45, 7) is 2.23. The topological polar surface area (TPSA) is 142 Å². The van der Waals surface area contributed by atoms with E-state index in [1.54, 1.807) is 13.0 Å². The highest BCUT2D eigenvalue weighted by Crippen LogP contribution is 2.39. The maximum absolute atomic E-state index is 11.1. The summed E-state index contributed by atoms with van der Waals surface area (Å²) in [5.74, 6) is 1.82. The average molecular weight is 487 g/mol. The second-order valence-corrected chi connectivity index (χ2v) is 8.99. The van der Waals surface area contributed by atoms with E-state index in [4.69, 9.17) is 19.1 Å². The number of hydroxylamine groups is 1. The number of fused-ring (bicyclic) bond motifs is 2. The van der Waals surface area contributed by atoms with Crippen LogP contribution >= 0.6 is 0 Å². The number of amidine groups is 1. The van der Waals surface area contributed by atoms with Gasteiger partial charge < -0.3 is 19.7 Å². The van der Waals surface area contributed by atoms with Gasteiger partial charge in [-0.25, -0.2) is 15.5 Å². The predicted molar refractivity (Wildman–Crippen MR) is 128 cm³/mol. The van der Waals surface area contributed by atoms with Crippen LogP contribution in [-0.2, 0) is 14.4 Å². The second-order valence-electron chi connectivity index (χ2n) is 8.99. The van der Waals surface area contributed by atoms with Gasteiger partial charge >= 0.3 is 0 Å². The molecule has 5 rings (SSSR count). The summed E-state index contributed by atoms with van der Waals surface area (Å²) >= 11 is 0. The first-order chi connectivity index (χ1) is 16.9. The maximum Gasteiger partial charge on any atom is 0.150 e. The lowest BCUT2D eigenvalue weighted by molar-refractivity contribution is -0.101. The summed E-state index contributed by atoms with van der Waals surface area (Å²) in [6.07, 6.45) is -0.692. The Morgan fingerprint density at radius 2 is 2.00 bits per heavy atom. The molecule has 2 saturated heterocycles. The van der Waals surface area contributed by atoms with Crippen molar-refractivity contribution in [2.24, 2.45) is 15.9 Å². The van der Waals surface area contributed by atoms with Gasteiger partial charge in [0.05, 0.1) is 25.7 Å². The number of aliphatic hydroxyl groups excluding tert-OH is 1. The lowest BCUT2D eigenvalue weighted by atomic mass is 9.94. The van der Waals surface area contributed by atoms with Gasteiger partial charge in [0.15, 0.2) is 0 Å². The van der Waals surface area contributed by atoms with E-state index in [0.29, 0.717) is 23.9 Å². The third kappa shape index (κ3) is 4.44. The van der Waals surface area contributed by atoms with Crippen LogP contribution in [0.5, 0.6) is 5.75 Å². The van der Waals surface area contributed by atoms with Crippen LogP contribution in [0.25, 0.3) is 10.9 Å². The fourth-order valence-electron chi connectivity index (χ4n) is 4.86. The molecule has 2 aromatic rings. The standard InChI is InChI=1S/C23H30N6O6/c1-23(31)17(11-34-14-6-4-13-5-7-18(27-32-2)26-16(13)10-14)35-22(19(23)30)29-9-8-15-20(28-33-3)24-12-25-21(15)29/h4-7,10,12,15,17,19,21-22,30-31H,8-9,11H2,1-3H3,(H,26,27)(H,24,25,28)/t15?,17-,19+,21?,22-,23-/m1/s1. The summed E-state index contributed by atoms with van der Waals surface area (Å²) in [5, 5.41) is 23.1. The van der Waals surface area contributed by atoms with Crippen LogP contribution < -0.4 is 15.7 Å². The zero-order valence-electron chi connectivity index (χ0n) is 19.8. The summed E-state index contributed by atoms with van der Waals surface area (Å²) in [7, 11) is 3.05. The third-order valence-electron chi connectivity index (χ3n) is 6.79. The molecule has 12 heteroatoms. The quantitative estimate of drug-likeness (QED) is 0.412. The molecular formula is C23H30N6O6. The van der Waals surface area contributed by atoms with Gasteiger partial charge in [-0.1, -0.05) is 0 Å². The fourth-order valence-corrected chi connectivity index (χ4v) is 4.86. The Hall–Kier alpha value is -2.87. The van der Waals surface area contributed by atoms with Crippen LogP contribution in [0, 0.1) is 5.92 Å². The number of aliphatic hydroxyl groups is 2. The van der Waals surface area contributed by atoms with Crippen molar-refractivity contribution in [2.75, 3.05) is 32.9 Å². The Kier molecular flexibility index (Phi) is 6.57. The van der Waals surface area contributed by atoms with Crippen LogP contribution in [0.15, 0.2) is 40.3 Å². The number of aromatic nitrogens is 1. The molecule has 0 saturated carbocycles. The lowest BCUT2D eigenvalue weighted by Gasteiger charge is -2.33. The molecule has 3 aliphatic heterocycles. The van der Waals surface area contributed by atoms with E-state index in [1.165, 1.54) is 20.6 Å². The first kappa shape index (κ1) is 23.9. The van der Waals surface area contributed by atoms with Crippen LogP contribution in [0.3, 0.4) is 0 Å². The van der Waals surface area contributed by atoms with E-state index in [-0.39, 0.29) is 18.7 Å². The van der Waals surface area contributed by atoms with Crippen molar-refractivity contribution in [1.29, 1.82) is 0 Å². The lowest BCUT2D eigenvalue weighted by Crippen LogP contribution is -2.52. The molecule has 35 heavy (non-hydrogen) atoms. The molecule has 1 aromatic carbocycles. The molecule has 6 atom stereocenters. The SMILES string of the molecule is CONC1=NC=NC2C1CCN2[C@@H]1O[C@H](COc2ccc3ccc(NOC)nc3c2)[C@@](C)(O)[C@H]1O. The Bertz CT molecular complexity index is 1130. The van der Waals surface area contributed by atoms with Gasteiger partial charge in [0.2, 0.25) is 0 Å².